The first-order valence-corrected chi connectivity index (χ1v) is 9.28. The van der Waals surface area contributed by atoms with Crippen LogP contribution in [0.1, 0.15) is 53.6 Å². The number of anilines is 1. The molecule has 0 aromatic heterocycles. The minimum Gasteiger partial charge on any atom is -0.366 e. The number of nitrogens with two attached hydrogens (primary N) is 1. The summed E-state index contributed by atoms with van der Waals surface area (Å²) >= 11 is 6.18. The highest BCUT2D eigenvalue weighted by Gasteiger charge is 2.41. The van der Waals surface area contributed by atoms with Crippen LogP contribution in [0.15, 0.2) is 42.5 Å². The van der Waals surface area contributed by atoms with E-state index in [0.29, 0.717) is 16.3 Å². The summed E-state index contributed by atoms with van der Waals surface area (Å²) < 4.78 is 0. The Labute approximate surface area is 158 Å². The number of rotatable bonds is 4. The second-order valence-electron chi connectivity index (χ2n) is 7.00. The van der Waals surface area contributed by atoms with Crippen LogP contribution in [0.3, 0.4) is 0 Å². The minimum atomic E-state index is -0.570. The molecule has 0 unspecified atom stereocenters. The van der Waals surface area contributed by atoms with E-state index in [4.69, 9.17) is 17.3 Å². The number of hydrogen-bond acceptors (Lipinski definition) is 2. The maximum atomic E-state index is 13.3. The number of hydrogen-bond donors (Lipinski definition) is 2. The van der Waals surface area contributed by atoms with Crippen molar-refractivity contribution < 1.29 is 9.59 Å². The summed E-state index contributed by atoms with van der Waals surface area (Å²) in [6.45, 7) is 1.81. The zero-order valence-corrected chi connectivity index (χ0v) is 15.6. The molecule has 26 heavy (non-hydrogen) atoms. The van der Waals surface area contributed by atoms with Crippen LogP contribution in [0.25, 0.3) is 0 Å². The van der Waals surface area contributed by atoms with E-state index in [1.807, 2.05) is 31.2 Å². The third kappa shape index (κ3) is 3.61. The molecule has 1 fully saturated rings. The normalized spacial score (nSPS) is 16.1. The number of benzene rings is 2. The smallest absolute Gasteiger partial charge is 0.248 e. The van der Waals surface area contributed by atoms with Gasteiger partial charge in [0, 0.05) is 16.3 Å². The Morgan fingerprint density at radius 2 is 1.81 bits per heavy atom. The molecule has 0 spiro atoms. The van der Waals surface area contributed by atoms with Gasteiger partial charge in [-0.25, -0.2) is 0 Å². The second-order valence-corrected chi connectivity index (χ2v) is 7.44. The Morgan fingerprint density at radius 3 is 2.42 bits per heavy atom. The van der Waals surface area contributed by atoms with Gasteiger partial charge in [0.05, 0.1) is 5.41 Å². The van der Waals surface area contributed by atoms with Crippen molar-refractivity contribution in [2.45, 2.75) is 44.4 Å². The molecule has 0 saturated heterocycles. The average Bonchev–Trinajstić information content (AvgIpc) is 2.62. The zero-order valence-electron chi connectivity index (χ0n) is 14.8. The van der Waals surface area contributed by atoms with Crippen LogP contribution in [0.4, 0.5) is 5.69 Å². The first-order chi connectivity index (χ1) is 12.4. The quantitative estimate of drug-likeness (QED) is 0.826. The van der Waals surface area contributed by atoms with E-state index >= 15 is 0 Å². The highest BCUT2D eigenvalue weighted by Crippen LogP contribution is 2.41. The number of aryl methyl sites for hydroxylation is 1. The maximum Gasteiger partial charge on any atom is 0.248 e. The van der Waals surface area contributed by atoms with E-state index in [9.17, 15) is 9.59 Å². The number of carbonyl (C=O) groups is 2. The van der Waals surface area contributed by atoms with Crippen LogP contribution in [-0.4, -0.2) is 11.8 Å². The Bertz CT molecular complexity index is 842. The lowest BCUT2D eigenvalue weighted by molar-refractivity contribution is -0.122. The zero-order chi connectivity index (χ0) is 18.7. The van der Waals surface area contributed by atoms with Gasteiger partial charge < -0.3 is 11.1 Å². The van der Waals surface area contributed by atoms with Gasteiger partial charge in [0.15, 0.2) is 0 Å². The predicted octanol–water partition coefficient (Wildman–Crippen LogP) is 4.59. The van der Waals surface area contributed by atoms with Gasteiger partial charge in [-0.1, -0.05) is 43.0 Å². The number of primary amides is 1. The molecular formula is C21H23ClN2O2. The molecule has 1 aliphatic carbocycles. The summed E-state index contributed by atoms with van der Waals surface area (Å²) in [5.74, 6) is -0.492. The van der Waals surface area contributed by atoms with Crippen molar-refractivity contribution in [1.82, 2.24) is 0 Å². The molecule has 0 atom stereocenters. The molecule has 0 aliphatic heterocycles. The van der Waals surface area contributed by atoms with E-state index in [-0.39, 0.29) is 5.91 Å². The Kier molecular flexibility index (Phi) is 5.33. The summed E-state index contributed by atoms with van der Waals surface area (Å²) in [6.07, 6.45) is 4.77. The van der Waals surface area contributed by atoms with Gasteiger partial charge >= 0.3 is 0 Å². The monoisotopic (exact) mass is 370 g/mol. The lowest BCUT2D eigenvalue weighted by Gasteiger charge is -2.36. The van der Waals surface area contributed by atoms with Gasteiger partial charge in [-0.3, -0.25) is 9.59 Å². The van der Waals surface area contributed by atoms with Crippen LogP contribution in [0.5, 0.6) is 0 Å². The average molecular weight is 371 g/mol. The van der Waals surface area contributed by atoms with Crippen LogP contribution < -0.4 is 11.1 Å². The van der Waals surface area contributed by atoms with Gasteiger partial charge in [-0.05, 0) is 61.2 Å². The third-order valence-corrected chi connectivity index (χ3v) is 5.50. The fourth-order valence-electron chi connectivity index (χ4n) is 3.86. The van der Waals surface area contributed by atoms with Crippen LogP contribution in [0, 0.1) is 6.92 Å². The van der Waals surface area contributed by atoms with E-state index in [2.05, 4.69) is 5.32 Å². The molecule has 1 saturated carbocycles. The van der Waals surface area contributed by atoms with Crippen molar-refractivity contribution in [3.8, 4) is 0 Å². The topological polar surface area (TPSA) is 72.2 Å². The molecule has 5 heteroatoms. The van der Waals surface area contributed by atoms with Crippen molar-refractivity contribution in [2.24, 2.45) is 5.73 Å². The molecule has 1 aliphatic rings. The Hall–Kier alpha value is -2.33. The predicted molar refractivity (Wildman–Crippen MR) is 105 cm³/mol. The molecule has 3 N–H and O–H groups in total. The summed E-state index contributed by atoms with van der Waals surface area (Å²) in [5.41, 5.74) is 7.63. The van der Waals surface area contributed by atoms with E-state index < -0.39 is 11.3 Å². The summed E-state index contributed by atoms with van der Waals surface area (Å²) in [6, 6.07) is 12.8. The SMILES string of the molecule is Cc1cc(NC(=O)C2(c3cccc(Cl)c3)CCCCC2)ccc1C(N)=O. The molecule has 0 radical (unpaired) electrons. The molecule has 2 aromatic carbocycles. The van der Waals surface area contributed by atoms with Crippen LogP contribution >= 0.6 is 11.6 Å². The first-order valence-electron chi connectivity index (χ1n) is 8.90. The Balaban J connectivity index is 1.92. The van der Waals surface area contributed by atoms with Gasteiger partial charge in [-0.15, -0.1) is 0 Å². The summed E-state index contributed by atoms with van der Waals surface area (Å²) in [5, 5.41) is 3.68. The van der Waals surface area contributed by atoms with E-state index in [1.54, 1.807) is 18.2 Å². The van der Waals surface area contributed by atoms with Crippen LogP contribution in [0.2, 0.25) is 5.02 Å². The molecule has 3 rings (SSSR count). The molecule has 4 nitrogen and oxygen atoms in total. The van der Waals surface area contributed by atoms with Gasteiger partial charge in [0.25, 0.3) is 0 Å². The van der Waals surface area contributed by atoms with Crippen molar-refractivity contribution >= 4 is 29.1 Å². The molecule has 2 amide bonds. The number of halogens is 1. The fourth-order valence-corrected chi connectivity index (χ4v) is 4.05. The first kappa shape index (κ1) is 18.5. The van der Waals surface area contributed by atoms with Gasteiger partial charge in [0.1, 0.15) is 0 Å². The lowest BCUT2D eigenvalue weighted by atomic mass is 9.68. The summed E-state index contributed by atoms with van der Waals surface area (Å²) in [4.78, 5) is 24.7. The molecule has 136 valence electrons. The largest absolute Gasteiger partial charge is 0.366 e. The highest BCUT2D eigenvalue weighted by atomic mass is 35.5. The number of carbonyl (C=O) groups excluding carboxylic acids is 2. The van der Waals surface area contributed by atoms with Gasteiger partial charge in [-0.2, -0.15) is 0 Å². The highest BCUT2D eigenvalue weighted by molar-refractivity contribution is 6.30. The molecule has 2 aromatic rings. The van der Waals surface area contributed by atoms with Crippen molar-refractivity contribution in [3.63, 3.8) is 0 Å². The molecule has 0 heterocycles. The molecular weight excluding hydrogens is 348 g/mol. The number of amides is 2. The van der Waals surface area contributed by atoms with Gasteiger partial charge in [0.2, 0.25) is 11.8 Å². The second kappa shape index (κ2) is 7.50. The maximum absolute atomic E-state index is 13.3. The van der Waals surface area contributed by atoms with Crippen LogP contribution in [-0.2, 0) is 10.2 Å². The van der Waals surface area contributed by atoms with E-state index in [1.165, 1.54) is 0 Å². The standard InChI is InChI=1S/C21H23ClN2O2/c1-14-12-17(8-9-18(14)19(23)25)24-20(26)21(10-3-2-4-11-21)15-6-5-7-16(22)13-15/h5-9,12-13H,2-4,10-11H2,1H3,(H2,23,25)(H,24,26). The third-order valence-electron chi connectivity index (χ3n) is 5.27. The fraction of sp³-hybridized carbons (Fsp3) is 0.333. The van der Waals surface area contributed by atoms with Crippen molar-refractivity contribution in [2.75, 3.05) is 5.32 Å². The molecule has 0 bridgehead atoms. The minimum absolute atomic E-state index is 0.0225. The van der Waals surface area contributed by atoms with E-state index in [0.717, 1.165) is 43.2 Å². The summed E-state index contributed by atoms with van der Waals surface area (Å²) in [7, 11) is 0. The Morgan fingerprint density at radius 1 is 1.08 bits per heavy atom. The van der Waals surface area contributed by atoms with Crippen molar-refractivity contribution in [3.05, 3.63) is 64.2 Å². The lowest BCUT2D eigenvalue weighted by Crippen LogP contribution is -2.42. The number of nitrogens with one attached hydrogen (secondary N) is 1. The van der Waals surface area contributed by atoms with Crippen molar-refractivity contribution in [1.29, 1.82) is 0 Å².